The van der Waals surface area contributed by atoms with Crippen molar-refractivity contribution in [3.8, 4) is 5.75 Å². The largest absolute Gasteiger partial charge is 0.497 e. The number of hydrogen-bond donors (Lipinski definition) is 0. The fourth-order valence-corrected chi connectivity index (χ4v) is 3.72. The summed E-state index contributed by atoms with van der Waals surface area (Å²) in [6, 6.07) is 12.0. The summed E-state index contributed by atoms with van der Waals surface area (Å²) >= 11 is 0. The van der Waals surface area contributed by atoms with Crippen molar-refractivity contribution in [1.29, 1.82) is 0 Å². The smallest absolute Gasteiger partial charge is 0.173 e. The standard InChI is InChI=1S/C20H26N6O2/c1-3-24-10-12-25(13-11-24)19(16-6-8-17(27-2)9-7-16)20-21-22-23-26(20)15-18-5-4-14-28-18/h4-9,14,19H,3,10-13,15H2,1-2H3. The van der Waals surface area contributed by atoms with E-state index in [9.17, 15) is 0 Å². The Balaban J connectivity index is 1.66. The highest BCUT2D eigenvalue weighted by atomic mass is 16.5. The number of rotatable bonds is 7. The van der Waals surface area contributed by atoms with Crippen molar-refractivity contribution in [2.24, 2.45) is 0 Å². The first-order valence-electron chi connectivity index (χ1n) is 9.67. The number of aromatic nitrogens is 4. The van der Waals surface area contributed by atoms with E-state index in [0.29, 0.717) is 6.54 Å². The third-order valence-electron chi connectivity index (χ3n) is 5.34. The van der Waals surface area contributed by atoms with E-state index in [1.807, 2.05) is 28.9 Å². The molecule has 1 fully saturated rings. The Kier molecular flexibility index (Phi) is 5.68. The Bertz CT molecular complexity index is 853. The minimum Gasteiger partial charge on any atom is -0.497 e. The summed E-state index contributed by atoms with van der Waals surface area (Å²) in [5.74, 6) is 2.50. The molecule has 2 aromatic heterocycles. The van der Waals surface area contributed by atoms with Crippen molar-refractivity contribution in [2.75, 3.05) is 39.8 Å². The molecule has 28 heavy (non-hydrogen) atoms. The molecule has 1 unspecified atom stereocenters. The van der Waals surface area contributed by atoms with Gasteiger partial charge in [-0.3, -0.25) is 4.90 Å². The molecule has 0 saturated carbocycles. The zero-order valence-electron chi connectivity index (χ0n) is 16.4. The molecule has 1 aliphatic rings. The van der Waals surface area contributed by atoms with E-state index < -0.39 is 0 Å². The minimum atomic E-state index is -0.0186. The summed E-state index contributed by atoms with van der Waals surface area (Å²) < 4.78 is 12.7. The Morgan fingerprint density at radius 2 is 1.89 bits per heavy atom. The molecule has 4 rings (SSSR count). The maximum absolute atomic E-state index is 5.50. The molecule has 8 heteroatoms. The van der Waals surface area contributed by atoms with Crippen molar-refractivity contribution in [2.45, 2.75) is 19.5 Å². The van der Waals surface area contributed by atoms with Gasteiger partial charge in [0.25, 0.3) is 0 Å². The third kappa shape index (κ3) is 3.93. The van der Waals surface area contributed by atoms with Gasteiger partial charge in [-0.05, 0) is 46.8 Å². The molecule has 1 atom stereocenters. The molecule has 0 bridgehead atoms. The Morgan fingerprint density at radius 1 is 1.11 bits per heavy atom. The second-order valence-corrected chi connectivity index (χ2v) is 6.92. The van der Waals surface area contributed by atoms with Gasteiger partial charge in [-0.15, -0.1) is 5.10 Å². The highest BCUT2D eigenvalue weighted by molar-refractivity contribution is 5.32. The SMILES string of the molecule is CCN1CCN(C(c2ccc(OC)cc2)c2nnnn2Cc2ccco2)CC1. The number of likely N-dealkylation sites (N-methyl/N-ethyl adjacent to an activating group) is 1. The van der Waals surface area contributed by atoms with E-state index in [2.05, 4.69) is 44.4 Å². The molecule has 0 spiro atoms. The van der Waals surface area contributed by atoms with Crippen molar-refractivity contribution in [3.05, 3.63) is 59.8 Å². The van der Waals surface area contributed by atoms with Crippen LogP contribution in [0.1, 0.15) is 30.1 Å². The van der Waals surface area contributed by atoms with Crippen LogP contribution in [-0.4, -0.2) is 69.8 Å². The lowest BCUT2D eigenvalue weighted by molar-refractivity contribution is 0.108. The molecule has 1 aliphatic heterocycles. The number of benzene rings is 1. The first kappa shape index (κ1) is 18.6. The average Bonchev–Trinajstić information content (AvgIpc) is 3.42. The highest BCUT2D eigenvalue weighted by Gasteiger charge is 2.30. The lowest BCUT2D eigenvalue weighted by Gasteiger charge is -2.38. The van der Waals surface area contributed by atoms with Gasteiger partial charge in [-0.1, -0.05) is 19.1 Å². The summed E-state index contributed by atoms with van der Waals surface area (Å²) in [6.45, 7) is 7.83. The molecule has 3 aromatic rings. The molecule has 0 N–H and O–H groups in total. The quantitative estimate of drug-likeness (QED) is 0.619. The summed E-state index contributed by atoms with van der Waals surface area (Å²) in [7, 11) is 1.68. The van der Waals surface area contributed by atoms with Crippen LogP contribution < -0.4 is 4.74 Å². The molecule has 148 valence electrons. The molecular weight excluding hydrogens is 356 g/mol. The summed E-state index contributed by atoms with van der Waals surface area (Å²) in [5.41, 5.74) is 1.15. The zero-order valence-corrected chi connectivity index (χ0v) is 16.4. The number of methoxy groups -OCH3 is 1. The second-order valence-electron chi connectivity index (χ2n) is 6.92. The Hall–Kier alpha value is -2.71. The number of ether oxygens (including phenoxy) is 1. The monoisotopic (exact) mass is 382 g/mol. The Labute approximate surface area is 164 Å². The molecule has 0 radical (unpaired) electrons. The van der Waals surface area contributed by atoms with Crippen LogP contribution in [0.4, 0.5) is 0 Å². The lowest BCUT2D eigenvalue weighted by Crippen LogP contribution is -2.48. The van der Waals surface area contributed by atoms with Gasteiger partial charge in [0, 0.05) is 26.2 Å². The molecule has 0 aliphatic carbocycles. The average molecular weight is 382 g/mol. The minimum absolute atomic E-state index is 0.0186. The molecule has 8 nitrogen and oxygen atoms in total. The molecule has 1 aromatic carbocycles. The van der Waals surface area contributed by atoms with Gasteiger partial charge in [-0.2, -0.15) is 0 Å². The maximum Gasteiger partial charge on any atom is 0.173 e. The topological polar surface area (TPSA) is 72.5 Å². The van der Waals surface area contributed by atoms with Crippen LogP contribution in [0.5, 0.6) is 5.75 Å². The van der Waals surface area contributed by atoms with Crippen LogP contribution in [0, 0.1) is 0 Å². The van der Waals surface area contributed by atoms with Gasteiger partial charge in [0.05, 0.1) is 19.4 Å². The number of furan rings is 1. The van der Waals surface area contributed by atoms with E-state index in [1.54, 1.807) is 13.4 Å². The zero-order chi connectivity index (χ0) is 19.3. The van der Waals surface area contributed by atoms with Crippen molar-refractivity contribution in [3.63, 3.8) is 0 Å². The summed E-state index contributed by atoms with van der Waals surface area (Å²) in [4.78, 5) is 4.92. The van der Waals surface area contributed by atoms with E-state index in [4.69, 9.17) is 9.15 Å². The number of nitrogens with zero attached hydrogens (tertiary/aromatic N) is 6. The lowest BCUT2D eigenvalue weighted by atomic mass is 10.0. The third-order valence-corrected chi connectivity index (χ3v) is 5.34. The highest BCUT2D eigenvalue weighted by Crippen LogP contribution is 2.29. The maximum atomic E-state index is 5.50. The van der Waals surface area contributed by atoms with E-state index in [1.165, 1.54) is 0 Å². The fourth-order valence-electron chi connectivity index (χ4n) is 3.72. The first-order valence-corrected chi connectivity index (χ1v) is 9.67. The van der Waals surface area contributed by atoms with E-state index in [-0.39, 0.29) is 6.04 Å². The predicted molar refractivity (Wildman–Crippen MR) is 104 cm³/mol. The first-order chi connectivity index (χ1) is 13.8. The van der Waals surface area contributed by atoms with Crippen LogP contribution in [0.2, 0.25) is 0 Å². The van der Waals surface area contributed by atoms with Crippen LogP contribution in [0.3, 0.4) is 0 Å². The van der Waals surface area contributed by atoms with Crippen molar-refractivity contribution >= 4 is 0 Å². The number of tetrazole rings is 1. The molecule has 0 amide bonds. The van der Waals surface area contributed by atoms with Gasteiger partial charge < -0.3 is 14.1 Å². The molecule has 1 saturated heterocycles. The van der Waals surface area contributed by atoms with Crippen LogP contribution >= 0.6 is 0 Å². The van der Waals surface area contributed by atoms with Gasteiger partial charge in [0.2, 0.25) is 0 Å². The van der Waals surface area contributed by atoms with Gasteiger partial charge in [0.1, 0.15) is 18.1 Å². The normalized spacial score (nSPS) is 16.9. The van der Waals surface area contributed by atoms with E-state index >= 15 is 0 Å². The number of piperazine rings is 1. The predicted octanol–water partition coefficient (Wildman–Crippen LogP) is 2.05. The number of hydrogen-bond acceptors (Lipinski definition) is 7. The van der Waals surface area contributed by atoms with Gasteiger partial charge in [-0.25, -0.2) is 4.68 Å². The summed E-state index contributed by atoms with van der Waals surface area (Å²) in [5, 5.41) is 12.6. The van der Waals surface area contributed by atoms with Crippen LogP contribution in [0.25, 0.3) is 0 Å². The van der Waals surface area contributed by atoms with E-state index in [0.717, 1.165) is 55.6 Å². The van der Waals surface area contributed by atoms with Crippen molar-refractivity contribution < 1.29 is 9.15 Å². The van der Waals surface area contributed by atoms with Crippen LogP contribution in [0.15, 0.2) is 47.1 Å². The molecule has 3 heterocycles. The fraction of sp³-hybridized carbons (Fsp3) is 0.450. The summed E-state index contributed by atoms with van der Waals surface area (Å²) in [6.07, 6.45) is 1.67. The van der Waals surface area contributed by atoms with Crippen molar-refractivity contribution in [1.82, 2.24) is 30.0 Å². The molecular formula is C20H26N6O2. The van der Waals surface area contributed by atoms with Gasteiger partial charge >= 0.3 is 0 Å². The van der Waals surface area contributed by atoms with Crippen LogP contribution in [-0.2, 0) is 6.54 Å². The second kappa shape index (κ2) is 8.53. The van der Waals surface area contributed by atoms with Gasteiger partial charge in [0.15, 0.2) is 5.82 Å². The Morgan fingerprint density at radius 3 is 2.54 bits per heavy atom.